The largest absolute Gasteiger partial charge is 0.439 e. The number of aromatic nitrogens is 6. The summed E-state index contributed by atoms with van der Waals surface area (Å²) in [4.78, 5) is 30.9. The van der Waals surface area contributed by atoms with Crippen LogP contribution in [0.1, 0.15) is 32.6 Å². The molecule has 4 heterocycles. The van der Waals surface area contributed by atoms with E-state index in [1.165, 1.54) is 12.8 Å². The first-order valence-corrected chi connectivity index (χ1v) is 13.4. The third kappa shape index (κ3) is 4.81. The van der Waals surface area contributed by atoms with E-state index in [9.17, 15) is 9.90 Å². The number of H-pyrrole nitrogens is 1. The number of hydrogen-bond acceptors (Lipinski definition) is 9. The first-order chi connectivity index (χ1) is 18.5. The average molecular weight is 540 g/mol. The normalized spacial score (nSPS) is 22.3. The van der Waals surface area contributed by atoms with Crippen LogP contribution in [0.2, 0.25) is 5.02 Å². The predicted octanol–water partition coefficient (Wildman–Crippen LogP) is 3.51. The molecule has 6 rings (SSSR count). The first kappa shape index (κ1) is 25.0. The number of nitrogens with zero attached hydrogens (tertiary/aromatic N) is 6. The van der Waals surface area contributed by atoms with Crippen molar-refractivity contribution < 1.29 is 14.4 Å². The summed E-state index contributed by atoms with van der Waals surface area (Å²) in [5, 5.41) is 14.5. The average Bonchev–Trinajstić information content (AvgIpc) is 3.53. The zero-order valence-electron chi connectivity index (χ0n) is 21.1. The summed E-state index contributed by atoms with van der Waals surface area (Å²) in [6.45, 7) is 4.57. The molecule has 200 valence electrons. The lowest BCUT2D eigenvalue weighted by atomic mass is 9.83. The molecule has 0 bridgehead atoms. The van der Waals surface area contributed by atoms with Crippen molar-refractivity contribution in [3.63, 3.8) is 0 Å². The Morgan fingerprint density at radius 2 is 2.03 bits per heavy atom. The molecule has 0 radical (unpaired) electrons. The summed E-state index contributed by atoms with van der Waals surface area (Å²) in [7, 11) is 0. The number of hydrogen-bond donors (Lipinski definition) is 2. The topological polar surface area (TPSA) is 135 Å². The minimum atomic E-state index is -0.690. The number of imidazole rings is 1. The van der Waals surface area contributed by atoms with Crippen LogP contribution in [0.4, 0.5) is 5.95 Å². The Kier molecular flexibility index (Phi) is 6.89. The molecule has 12 heteroatoms. The number of morpholine rings is 1. The lowest BCUT2D eigenvalue weighted by molar-refractivity contribution is 0.0713. The number of fused-ring (bicyclic) bond motifs is 1. The van der Waals surface area contributed by atoms with Gasteiger partial charge in [0.25, 0.3) is 0 Å². The summed E-state index contributed by atoms with van der Waals surface area (Å²) < 4.78 is 12.6. The van der Waals surface area contributed by atoms with Crippen molar-refractivity contribution in [1.82, 2.24) is 29.7 Å². The molecule has 2 N–H and O–H groups in total. The van der Waals surface area contributed by atoms with E-state index in [1.807, 2.05) is 24.3 Å². The maximum atomic E-state index is 11.7. The number of aromatic amines is 1. The zero-order chi connectivity index (χ0) is 26.2. The van der Waals surface area contributed by atoms with E-state index in [0.29, 0.717) is 42.0 Å². The molecule has 1 aromatic carbocycles. The van der Waals surface area contributed by atoms with Crippen LogP contribution in [0.3, 0.4) is 0 Å². The fraction of sp³-hybridized carbons (Fsp3) is 0.500. The molecule has 2 aliphatic rings. The molecule has 4 aromatic rings. The summed E-state index contributed by atoms with van der Waals surface area (Å²) in [5.74, 6) is 1.57. The lowest BCUT2D eigenvalue weighted by Crippen LogP contribution is -2.49. The highest BCUT2D eigenvalue weighted by molar-refractivity contribution is 6.30. The predicted molar refractivity (Wildman–Crippen MR) is 142 cm³/mol. The van der Waals surface area contributed by atoms with Gasteiger partial charge in [-0.1, -0.05) is 48.7 Å². The van der Waals surface area contributed by atoms with Gasteiger partial charge in [0.2, 0.25) is 17.6 Å². The van der Waals surface area contributed by atoms with E-state index < -0.39 is 5.76 Å². The maximum Gasteiger partial charge on any atom is 0.439 e. The minimum absolute atomic E-state index is 0.0532. The smallest absolute Gasteiger partial charge is 0.394 e. The van der Waals surface area contributed by atoms with Gasteiger partial charge in [0.15, 0.2) is 5.65 Å². The van der Waals surface area contributed by atoms with Gasteiger partial charge in [-0.05, 0) is 36.8 Å². The number of nitrogens with one attached hydrogen (secondary N) is 1. The van der Waals surface area contributed by atoms with Crippen LogP contribution < -0.4 is 10.7 Å². The van der Waals surface area contributed by atoms with E-state index in [0.717, 1.165) is 42.3 Å². The van der Waals surface area contributed by atoms with Crippen LogP contribution in [-0.2, 0) is 11.3 Å². The second kappa shape index (κ2) is 10.5. The first-order valence-electron chi connectivity index (χ1n) is 13.1. The van der Waals surface area contributed by atoms with Crippen molar-refractivity contribution in [2.45, 2.75) is 45.2 Å². The fourth-order valence-electron chi connectivity index (χ4n) is 5.53. The third-order valence-corrected chi connectivity index (χ3v) is 7.84. The van der Waals surface area contributed by atoms with E-state index in [4.69, 9.17) is 35.8 Å². The summed E-state index contributed by atoms with van der Waals surface area (Å²) in [6.07, 6.45) is 4.67. The maximum absolute atomic E-state index is 11.7. The monoisotopic (exact) mass is 539 g/mol. The second-order valence-corrected chi connectivity index (χ2v) is 10.7. The van der Waals surface area contributed by atoms with Crippen molar-refractivity contribution >= 4 is 28.7 Å². The molecule has 38 heavy (non-hydrogen) atoms. The van der Waals surface area contributed by atoms with Crippen molar-refractivity contribution in [2.75, 3.05) is 31.3 Å². The number of ether oxygens (including phenoxy) is 1. The molecule has 0 unspecified atom stereocenters. The Morgan fingerprint density at radius 1 is 1.18 bits per heavy atom. The molecule has 1 aliphatic carbocycles. The fourth-order valence-corrected chi connectivity index (χ4v) is 5.72. The van der Waals surface area contributed by atoms with Gasteiger partial charge < -0.3 is 19.3 Å². The lowest BCUT2D eigenvalue weighted by Gasteiger charge is -2.36. The van der Waals surface area contributed by atoms with Crippen LogP contribution in [0.15, 0.2) is 33.6 Å². The highest BCUT2D eigenvalue weighted by Crippen LogP contribution is 2.36. The van der Waals surface area contributed by atoms with E-state index in [2.05, 4.69) is 26.5 Å². The molecule has 1 saturated carbocycles. The van der Waals surface area contributed by atoms with Crippen molar-refractivity contribution in [2.24, 2.45) is 11.8 Å². The number of halogens is 1. The van der Waals surface area contributed by atoms with Gasteiger partial charge in [0.1, 0.15) is 11.2 Å². The molecule has 11 nitrogen and oxygen atoms in total. The Labute approximate surface area is 223 Å². The molecular weight excluding hydrogens is 510 g/mol. The van der Waals surface area contributed by atoms with Gasteiger partial charge in [-0.2, -0.15) is 4.98 Å². The number of rotatable bonds is 6. The molecule has 1 saturated heterocycles. The number of anilines is 1. The molecule has 0 amide bonds. The summed E-state index contributed by atoms with van der Waals surface area (Å²) >= 11 is 6.39. The summed E-state index contributed by atoms with van der Waals surface area (Å²) in [6, 6.07) is 7.25. The van der Waals surface area contributed by atoms with Crippen LogP contribution in [0, 0.1) is 11.8 Å². The highest BCUT2D eigenvalue weighted by atomic mass is 35.5. The van der Waals surface area contributed by atoms with E-state index >= 15 is 0 Å². The Balaban J connectivity index is 1.58. The second-order valence-electron chi connectivity index (χ2n) is 10.3. The van der Waals surface area contributed by atoms with Gasteiger partial charge in [0.05, 0.1) is 25.9 Å². The van der Waals surface area contributed by atoms with Gasteiger partial charge >= 0.3 is 5.76 Å². The number of aliphatic hydroxyl groups is 1. The van der Waals surface area contributed by atoms with Crippen LogP contribution in [0.25, 0.3) is 34.1 Å². The molecule has 1 aliphatic heterocycles. The molecule has 1 atom stereocenters. The molecule has 3 aromatic heterocycles. The van der Waals surface area contributed by atoms with Crippen LogP contribution in [-0.4, -0.2) is 67.2 Å². The zero-order valence-corrected chi connectivity index (χ0v) is 21.9. The third-order valence-electron chi connectivity index (χ3n) is 7.60. The molecule has 2 fully saturated rings. The quantitative estimate of drug-likeness (QED) is 0.377. The van der Waals surface area contributed by atoms with Gasteiger partial charge in [-0.3, -0.25) is 9.51 Å². The van der Waals surface area contributed by atoms with Gasteiger partial charge in [-0.25, -0.2) is 14.8 Å². The summed E-state index contributed by atoms with van der Waals surface area (Å²) in [5.41, 5.74) is 2.67. The molecule has 0 spiro atoms. The molecular formula is C26H30ClN7O4. The van der Waals surface area contributed by atoms with Gasteiger partial charge in [-0.15, -0.1) is 0 Å². The number of benzene rings is 1. The SMILES string of the molecule is C[C@H]1CC[C@H](Cn2c(N3CCOC[C@H]3CO)nc3nc(-c4noc(=O)[nH]4)nc(-c4cccc(Cl)c4)c32)CC1. The van der Waals surface area contributed by atoms with Crippen molar-refractivity contribution in [3.8, 4) is 22.9 Å². The Morgan fingerprint density at radius 3 is 2.76 bits per heavy atom. The number of aliphatic hydroxyl groups excluding tert-OH is 1. The van der Waals surface area contributed by atoms with Gasteiger partial charge in [0, 0.05) is 23.7 Å². The van der Waals surface area contributed by atoms with E-state index in [1.54, 1.807) is 0 Å². The van der Waals surface area contributed by atoms with Crippen LogP contribution in [0.5, 0.6) is 0 Å². The van der Waals surface area contributed by atoms with Crippen molar-refractivity contribution in [3.05, 3.63) is 39.8 Å². The highest BCUT2D eigenvalue weighted by Gasteiger charge is 2.31. The Bertz CT molecular complexity index is 1490. The van der Waals surface area contributed by atoms with E-state index in [-0.39, 0.29) is 24.3 Å². The standard InChI is InChI=1S/C26H30ClN7O4/c1-15-5-7-16(8-6-15)12-34-21-20(17-3-2-4-18(27)11-17)28-23(24-31-26(36)38-32-24)29-22(21)30-25(34)33-9-10-37-14-19(33)13-35/h2-4,11,15-16,19,35H,5-10,12-14H2,1H3,(H,31,32,36)/t15-,16-,19-/m1/s1. The van der Waals surface area contributed by atoms with Crippen molar-refractivity contribution in [1.29, 1.82) is 0 Å². The van der Waals surface area contributed by atoms with Crippen LogP contribution >= 0.6 is 11.6 Å². The minimum Gasteiger partial charge on any atom is -0.394 e. The Hall–Kier alpha value is -3.28.